The number of rotatable bonds is 5. The highest BCUT2D eigenvalue weighted by molar-refractivity contribution is 5.80. The molecule has 180 valence electrons. The van der Waals surface area contributed by atoms with Crippen LogP contribution in [0.3, 0.4) is 0 Å². The van der Waals surface area contributed by atoms with E-state index in [0.717, 1.165) is 38.2 Å². The summed E-state index contributed by atoms with van der Waals surface area (Å²) in [4.78, 5) is 19.0. The fourth-order valence-electron chi connectivity index (χ4n) is 5.31. The number of hydrogen-bond donors (Lipinski definition) is 1. The minimum Gasteiger partial charge on any atom is -0.366 e. The number of fused-ring (bicyclic) bond motifs is 1. The Balaban J connectivity index is 1.32. The molecule has 1 atom stereocenters. The average molecular weight is 461 g/mol. The van der Waals surface area contributed by atoms with Crippen LogP contribution in [0.4, 0.5) is 10.5 Å². The third-order valence-corrected chi connectivity index (χ3v) is 7.39. The van der Waals surface area contributed by atoms with Crippen molar-refractivity contribution in [3.05, 3.63) is 54.4 Å². The van der Waals surface area contributed by atoms with Crippen molar-refractivity contribution in [1.82, 2.24) is 24.7 Å². The summed E-state index contributed by atoms with van der Waals surface area (Å²) >= 11 is 0. The van der Waals surface area contributed by atoms with E-state index < -0.39 is 0 Å². The van der Waals surface area contributed by atoms with E-state index in [1.807, 2.05) is 22.5 Å². The second-order valence-corrected chi connectivity index (χ2v) is 9.78. The molecule has 5 rings (SSSR count). The van der Waals surface area contributed by atoms with Crippen molar-refractivity contribution in [2.45, 2.75) is 39.2 Å². The zero-order valence-corrected chi connectivity index (χ0v) is 20.6. The molecule has 4 heterocycles. The fraction of sp³-hybridized carbons (Fsp3) is 0.481. The summed E-state index contributed by atoms with van der Waals surface area (Å²) in [7, 11) is 0. The topological polar surface area (TPSA) is 56.1 Å². The summed E-state index contributed by atoms with van der Waals surface area (Å²) in [6.07, 6.45) is 5.23. The molecule has 0 spiro atoms. The van der Waals surface area contributed by atoms with E-state index in [2.05, 4.69) is 76.7 Å². The Morgan fingerprint density at radius 1 is 1.06 bits per heavy atom. The van der Waals surface area contributed by atoms with Gasteiger partial charge >= 0.3 is 6.03 Å². The number of nitrogens with one attached hydrogen (secondary N) is 1. The first-order valence-electron chi connectivity index (χ1n) is 12.6. The third kappa shape index (κ3) is 4.49. The van der Waals surface area contributed by atoms with Gasteiger partial charge in [-0.05, 0) is 62.9 Å². The molecule has 2 aliphatic heterocycles. The van der Waals surface area contributed by atoms with Crippen molar-refractivity contribution >= 4 is 17.2 Å². The first-order valence-corrected chi connectivity index (χ1v) is 12.6. The Bertz CT molecular complexity index is 1130. The highest BCUT2D eigenvalue weighted by Crippen LogP contribution is 2.32. The molecule has 7 nitrogen and oxygen atoms in total. The summed E-state index contributed by atoms with van der Waals surface area (Å²) in [6.45, 7) is 12.6. The number of nitrogens with zero attached hydrogens (tertiary/aromatic N) is 5. The Kier molecular flexibility index (Phi) is 6.46. The molecule has 2 amide bonds. The lowest BCUT2D eigenvalue weighted by Gasteiger charge is -2.36. The van der Waals surface area contributed by atoms with Crippen LogP contribution in [0.25, 0.3) is 16.6 Å². The number of hydrogen-bond acceptors (Lipinski definition) is 4. The van der Waals surface area contributed by atoms with E-state index in [9.17, 15) is 4.79 Å². The number of likely N-dealkylation sites (tertiary alicyclic amines) is 1. The summed E-state index contributed by atoms with van der Waals surface area (Å²) < 4.78 is 1.98. The molecule has 2 aliphatic rings. The van der Waals surface area contributed by atoms with Gasteiger partial charge in [-0.25, -0.2) is 9.31 Å². The molecule has 7 heteroatoms. The van der Waals surface area contributed by atoms with Gasteiger partial charge in [-0.15, -0.1) is 0 Å². The fourth-order valence-corrected chi connectivity index (χ4v) is 5.31. The number of urea groups is 1. The number of piperazine rings is 1. The van der Waals surface area contributed by atoms with Crippen molar-refractivity contribution in [3.8, 4) is 11.1 Å². The largest absolute Gasteiger partial charge is 0.366 e. The molecule has 34 heavy (non-hydrogen) atoms. The van der Waals surface area contributed by atoms with Crippen LogP contribution in [0.5, 0.6) is 0 Å². The molecule has 2 fully saturated rings. The maximum atomic E-state index is 12.1. The number of anilines is 1. The molecule has 2 aromatic heterocycles. The van der Waals surface area contributed by atoms with Crippen LogP contribution in [0.2, 0.25) is 0 Å². The first kappa shape index (κ1) is 22.7. The predicted molar refractivity (Wildman–Crippen MR) is 138 cm³/mol. The highest BCUT2D eigenvalue weighted by atomic mass is 16.2. The van der Waals surface area contributed by atoms with E-state index in [4.69, 9.17) is 0 Å². The molecule has 0 bridgehead atoms. The third-order valence-electron chi connectivity index (χ3n) is 7.39. The van der Waals surface area contributed by atoms with Crippen molar-refractivity contribution in [1.29, 1.82) is 0 Å². The summed E-state index contributed by atoms with van der Waals surface area (Å²) in [6, 6.07) is 14.1. The summed E-state index contributed by atoms with van der Waals surface area (Å²) in [5, 5.41) is 7.47. The molecule has 3 aromatic rings. The van der Waals surface area contributed by atoms with E-state index in [1.54, 1.807) is 0 Å². The number of carbonyl (C=O) groups excluding carboxylic acids is 1. The molecule has 1 aromatic carbocycles. The second-order valence-electron chi connectivity index (χ2n) is 9.78. The van der Waals surface area contributed by atoms with Crippen LogP contribution in [-0.2, 0) is 0 Å². The quantitative estimate of drug-likeness (QED) is 0.624. The van der Waals surface area contributed by atoms with Crippen molar-refractivity contribution in [2.24, 2.45) is 0 Å². The molecule has 0 saturated carbocycles. The van der Waals surface area contributed by atoms with Gasteiger partial charge in [0.2, 0.25) is 0 Å². The maximum Gasteiger partial charge on any atom is 0.317 e. The van der Waals surface area contributed by atoms with Crippen LogP contribution in [0.15, 0.2) is 48.8 Å². The molecular weight excluding hydrogens is 424 g/mol. The van der Waals surface area contributed by atoms with Gasteiger partial charge in [-0.2, -0.15) is 5.10 Å². The van der Waals surface area contributed by atoms with Crippen molar-refractivity contribution in [2.75, 3.05) is 50.7 Å². The smallest absolute Gasteiger partial charge is 0.317 e. The Hall–Kier alpha value is -3.06. The van der Waals surface area contributed by atoms with E-state index in [1.165, 1.54) is 35.3 Å². The molecule has 1 N–H and O–H groups in total. The standard InChI is InChI=1S/C27H36N6O/c1-4-28-27(34)31-15-13-30(14-16-31)25-9-11-29-33-19-24(17-26(25)33)22-7-5-21(6-8-22)23-10-12-32(18-23)20(2)3/h5-9,11,17,19-20,23H,4,10,12-16,18H2,1-3H3,(H,28,34)/t23-/m1/s1. The van der Waals surface area contributed by atoms with Crippen molar-refractivity contribution < 1.29 is 4.79 Å². The van der Waals surface area contributed by atoms with Gasteiger partial charge < -0.3 is 20.0 Å². The SMILES string of the molecule is CCNC(=O)N1CCN(c2ccnn3cc(-c4ccc([C@@H]5CCN(C(C)C)C5)cc4)cc23)CC1. The number of carbonyl (C=O) groups is 1. The van der Waals surface area contributed by atoms with Gasteiger partial charge in [0.15, 0.2) is 0 Å². The van der Waals surface area contributed by atoms with Gasteiger partial charge in [0, 0.05) is 63.3 Å². The molecule has 0 unspecified atom stereocenters. The minimum absolute atomic E-state index is 0.0324. The Labute approximate surface area is 202 Å². The monoisotopic (exact) mass is 460 g/mol. The van der Waals surface area contributed by atoms with Crippen molar-refractivity contribution in [3.63, 3.8) is 0 Å². The average Bonchev–Trinajstić information content (AvgIpc) is 3.52. The van der Waals surface area contributed by atoms with Gasteiger partial charge in [0.1, 0.15) is 0 Å². The van der Waals surface area contributed by atoms with Gasteiger partial charge in [-0.1, -0.05) is 24.3 Å². The van der Waals surface area contributed by atoms with Gasteiger partial charge in [-0.3, -0.25) is 0 Å². The van der Waals surface area contributed by atoms with Crippen LogP contribution in [0.1, 0.15) is 38.7 Å². The Morgan fingerprint density at radius 3 is 2.50 bits per heavy atom. The normalized spacial score (nSPS) is 19.4. The van der Waals surface area contributed by atoms with Crippen LogP contribution in [-0.4, -0.2) is 77.3 Å². The molecule has 2 saturated heterocycles. The lowest BCUT2D eigenvalue weighted by Crippen LogP contribution is -2.51. The maximum absolute atomic E-state index is 12.1. The van der Waals surface area contributed by atoms with E-state index >= 15 is 0 Å². The Morgan fingerprint density at radius 2 is 1.82 bits per heavy atom. The molecule has 0 radical (unpaired) electrons. The van der Waals surface area contributed by atoms with Gasteiger partial charge in [0.25, 0.3) is 0 Å². The number of aromatic nitrogens is 2. The minimum atomic E-state index is 0.0324. The zero-order valence-electron chi connectivity index (χ0n) is 20.6. The second kappa shape index (κ2) is 9.66. The lowest BCUT2D eigenvalue weighted by molar-refractivity contribution is 0.195. The zero-order chi connectivity index (χ0) is 23.7. The molecular formula is C27H36N6O. The van der Waals surface area contributed by atoms with E-state index in [-0.39, 0.29) is 6.03 Å². The van der Waals surface area contributed by atoms with Crippen LogP contribution in [0, 0.1) is 0 Å². The summed E-state index contributed by atoms with van der Waals surface area (Å²) in [5.41, 5.74) is 6.13. The first-order chi connectivity index (χ1) is 16.5. The van der Waals surface area contributed by atoms with Crippen LogP contribution < -0.4 is 10.2 Å². The van der Waals surface area contributed by atoms with Gasteiger partial charge in [0.05, 0.1) is 11.2 Å². The predicted octanol–water partition coefficient (Wildman–Crippen LogP) is 4.05. The van der Waals surface area contributed by atoms with Crippen LogP contribution >= 0.6 is 0 Å². The number of amides is 2. The number of benzene rings is 1. The van der Waals surface area contributed by atoms with E-state index in [0.29, 0.717) is 18.5 Å². The summed E-state index contributed by atoms with van der Waals surface area (Å²) in [5.74, 6) is 0.635. The lowest BCUT2D eigenvalue weighted by atomic mass is 9.96. The highest BCUT2D eigenvalue weighted by Gasteiger charge is 2.25. The molecule has 0 aliphatic carbocycles.